The van der Waals surface area contributed by atoms with E-state index in [1.807, 2.05) is 23.6 Å². The SMILES string of the molecule is CC(=O)N(c1cccc(C(F)(F)F)c1)c1nc(C[NH2+][C@H](C)c2ccccc2)cs1. The molecule has 152 valence electrons. The van der Waals surface area contributed by atoms with E-state index in [1.165, 1.54) is 40.9 Å². The van der Waals surface area contributed by atoms with Crippen molar-refractivity contribution in [3.05, 3.63) is 76.8 Å². The first-order chi connectivity index (χ1) is 13.8. The van der Waals surface area contributed by atoms with Crippen molar-refractivity contribution in [3.63, 3.8) is 0 Å². The van der Waals surface area contributed by atoms with Crippen LogP contribution < -0.4 is 10.2 Å². The molecule has 29 heavy (non-hydrogen) atoms. The molecule has 8 heteroatoms. The predicted molar refractivity (Wildman–Crippen MR) is 107 cm³/mol. The Morgan fingerprint density at radius 3 is 2.55 bits per heavy atom. The van der Waals surface area contributed by atoms with Gasteiger partial charge in [0.15, 0.2) is 5.13 Å². The highest BCUT2D eigenvalue weighted by molar-refractivity contribution is 7.14. The van der Waals surface area contributed by atoms with Crippen LogP contribution >= 0.6 is 11.3 Å². The van der Waals surface area contributed by atoms with E-state index >= 15 is 0 Å². The molecular weight excluding hydrogens is 399 g/mol. The Bertz CT molecular complexity index is 973. The van der Waals surface area contributed by atoms with E-state index in [9.17, 15) is 18.0 Å². The zero-order valence-electron chi connectivity index (χ0n) is 16.0. The minimum atomic E-state index is -4.48. The summed E-state index contributed by atoms with van der Waals surface area (Å²) in [5, 5.41) is 4.30. The molecule has 2 aromatic carbocycles. The van der Waals surface area contributed by atoms with Gasteiger partial charge >= 0.3 is 6.18 Å². The monoisotopic (exact) mass is 420 g/mol. The van der Waals surface area contributed by atoms with Crippen molar-refractivity contribution in [2.75, 3.05) is 4.90 Å². The number of nitrogens with two attached hydrogens (primary N) is 1. The number of amides is 1. The normalized spacial score (nSPS) is 12.6. The Morgan fingerprint density at radius 2 is 1.90 bits per heavy atom. The van der Waals surface area contributed by atoms with E-state index in [2.05, 4.69) is 29.4 Å². The second-order valence-electron chi connectivity index (χ2n) is 6.66. The summed E-state index contributed by atoms with van der Waals surface area (Å²) in [4.78, 5) is 17.9. The Balaban J connectivity index is 1.77. The molecule has 2 N–H and O–H groups in total. The molecule has 0 aliphatic heterocycles. The zero-order valence-corrected chi connectivity index (χ0v) is 16.8. The van der Waals surface area contributed by atoms with Gasteiger partial charge in [0.05, 0.1) is 11.3 Å². The number of anilines is 2. The fraction of sp³-hybridized carbons (Fsp3) is 0.238. The lowest BCUT2D eigenvalue weighted by atomic mass is 10.1. The smallest absolute Gasteiger partial charge is 0.335 e. The molecule has 0 radical (unpaired) electrons. The number of quaternary nitrogens is 1. The highest BCUT2D eigenvalue weighted by Gasteiger charge is 2.31. The number of carbonyl (C=O) groups is 1. The first kappa shape index (κ1) is 21.0. The number of hydrogen-bond acceptors (Lipinski definition) is 3. The van der Waals surface area contributed by atoms with Crippen LogP contribution in [-0.4, -0.2) is 10.9 Å². The van der Waals surface area contributed by atoms with Crippen molar-refractivity contribution in [1.29, 1.82) is 0 Å². The Hall–Kier alpha value is -2.71. The van der Waals surface area contributed by atoms with Gasteiger partial charge in [0.25, 0.3) is 0 Å². The summed E-state index contributed by atoms with van der Waals surface area (Å²) in [5.74, 6) is -0.396. The van der Waals surface area contributed by atoms with Gasteiger partial charge in [0.1, 0.15) is 18.3 Å². The summed E-state index contributed by atoms with van der Waals surface area (Å²) in [6.07, 6.45) is -4.48. The molecule has 1 amide bonds. The van der Waals surface area contributed by atoms with E-state index in [0.29, 0.717) is 11.7 Å². The van der Waals surface area contributed by atoms with Crippen molar-refractivity contribution < 1.29 is 23.3 Å². The molecule has 1 aromatic heterocycles. The third-order valence-electron chi connectivity index (χ3n) is 4.48. The van der Waals surface area contributed by atoms with Gasteiger partial charge in [-0.15, -0.1) is 11.3 Å². The van der Waals surface area contributed by atoms with Gasteiger partial charge in [0, 0.05) is 17.9 Å². The topological polar surface area (TPSA) is 49.8 Å². The second-order valence-corrected chi connectivity index (χ2v) is 7.50. The fourth-order valence-corrected chi connectivity index (χ4v) is 3.83. The maximum Gasteiger partial charge on any atom is 0.416 e. The van der Waals surface area contributed by atoms with Crippen LogP contribution in [0, 0.1) is 0 Å². The molecule has 1 atom stereocenters. The molecule has 0 saturated carbocycles. The van der Waals surface area contributed by atoms with Crippen LogP contribution in [0.3, 0.4) is 0 Å². The molecule has 0 aliphatic carbocycles. The molecule has 0 saturated heterocycles. The number of hydrogen-bond donors (Lipinski definition) is 1. The largest absolute Gasteiger partial charge is 0.416 e. The fourth-order valence-electron chi connectivity index (χ4n) is 2.93. The summed E-state index contributed by atoms with van der Waals surface area (Å²) < 4.78 is 39.1. The van der Waals surface area contributed by atoms with Crippen LogP contribution in [0.2, 0.25) is 0 Å². The van der Waals surface area contributed by atoms with Gasteiger partial charge in [-0.2, -0.15) is 13.2 Å². The highest BCUT2D eigenvalue weighted by Crippen LogP contribution is 2.34. The zero-order chi connectivity index (χ0) is 21.0. The predicted octanol–water partition coefficient (Wildman–Crippen LogP) is 4.67. The molecule has 0 unspecified atom stereocenters. The molecule has 4 nitrogen and oxygen atoms in total. The van der Waals surface area contributed by atoms with Crippen molar-refractivity contribution in [3.8, 4) is 0 Å². The van der Waals surface area contributed by atoms with E-state index < -0.39 is 17.6 Å². The van der Waals surface area contributed by atoms with E-state index in [4.69, 9.17) is 0 Å². The maximum absolute atomic E-state index is 13.0. The van der Waals surface area contributed by atoms with Crippen molar-refractivity contribution in [2.45, 2.75) is 32.6 Å². The van der Waals surface area contributed by atoms with Crippen LogP contribution in [0.1, 0.15) is 36.7 Å². The first-order valence-corrected chi connectivity index (χ1v) is 9.94. The number of thiazole rings is 1. The van der Waals surface area contributed by atoms with Gasteiger partial charge in [-0.25, -0.2) is 4.98 Å². The lowest BCUT2D eigenvalue weighted by Crippen LogP contribution is -2.83. The quantitative estimate of drug-likeness (QED) is 0.630. The van der Waals surface area contributed by atoms with Crippen LogP contribution in [-0.2, 0) is 17.5 Å². The second kappa shape index (κ2) is 8.75. The number of carbonyl (C=O) groups excluding carboxylic acids is 1. The molecule has 3 rings (SSSR count). The third kappa shape index (κ3) is 5.21. The summed E-state index contributed by atoms with van der Waals surface area (Å²) in [6.45, 7) is 4.00. The number of benzene rings is 2. The summed E-state index contributed by atoms with van der Waals surface area (Å²) in [7, 11) is 0. The minimum absolute atomic E-state index is 0.148. The molecule has 1 heterocycles. The van der Waals surface area contributed by atoms with Crippen molar-refractivity contribution >= 4 is 28.1 Å². The Kier molecular flexibility index (Phi) is 6.34. The first-order valence-electron chi connectivity index (χ1n) is 9.06. The third-order valence-corrected chi connectivity index (χ3v) is 5.36. The van der Waals surface area contributed by atoms with Gasteiger partial charge in [-0.1, -0.05) is 36.4 Å². The van der Waals surface area contributed by atoms with Crippen LogP contribution in [0.5, 0.6) is 0 Å². The van der Waals surface area contributed by atoms with Crippen molar-refractivity contribution in [1.82, 2.24) is 4.98 Å². The van der Waals surface area contributed by atoms with Gasteiger partial charge in [-0.3, -0.25) is 9.69 Å². The summed E-state index contributed by atoms with van der Waals surface area (Å²) in [6, 6.07) is 15.0. The lowest BCUT2D eigenvalue weighted by molar-refractivity contribution is -0.708. The molecule has 0 bridgehead atoms. The standard InChI is InChI=1S/C21H20F3N3OS/c1-14(16-7-4-3-5-8-16)25-12-18-13-29-20(26-18)27(15(2)28)19-10-6-9-17(11-19)21(22,23)24/h3-11,13-14,25H,12H2,1-2H3/p+1/t14-/m1/s1. The molecular formula is C21H21F3N3OS+. The average molecular weight is 420 g/mol. The molecule has 0 spiro atoms. The van der Waals surface area contributed by atoms with Gasteiger partial charge in [0.2, 0.25) is 5.91 Å². The Labute approximate surface area is 171 Å². The molecule has 0 fully saturated rings. The number of alkyl halides is 3. The average Bonchev–Trinajstić information content (AvgIpc) is 3.14. The number of nitrogens with zero attached hydrogens (tertiary/aromatic N) is 2. The van der Waals surface area contributed by atoms with Crippen LogP contribution in [0.15, 0.2) is 60.0 Å². The van der Waals surface area contributed by atoms with Gasteiger partial charge < -0.3 is 5.32 Å². The van der Waals surface area contributed by atoms with E-state index in [-0.39, 0.29) is 11.7 Å². The number of rotatable bonds is 6. The molecule has 3 aromatic rings. The number of aromatic nitrogens is 1. The maximum atomic E-state index is 13.0. The number of halogens is 3. The lowest BCUT2D eigenvalue weighted by Gasteiger charge is -2.19. The van der Waals surface area contributed by atoms with E-state index in [1.54, 1.807) is 0 Å². The van der Waals surface area contributed by atoms with Gasteiger partial charge in [-0.05, 0) is 25.1 Å². The Morgan fingerprint density at radius 1 is 1.17 bits per heavy atom. The minimum Gasteiger partial charge on any atom is -0.335 e. The molecule has 0 aliphatic rings. The summed E-state index contributed by atoms with van der Waals surface area (Å²) >= 11 is 1.23. The van der Waals surface area contributed by atoms with E-state index in [0.717, 1.165) is 17.8 Å². The van der Waals surface area contributed by atoms with Crippen LogP contribution in [0.4, 0.5) is 24.0 Å². The highest BCUT2D eigenvalue weighted by atomic mass is 32.1. The van der Waals surface area contributed by atoms with Crippen molar-refractivity contribution in [2.24, 2.45) is 0 Å². The van der Waals surface area contributed by atoms with Crippen LogP contribution in [0.25, 0.3) is 0 Å². The summed E-state index contributed by atoms with van der Waals surface area (Å²) in [5.41, 5.74) is 1.31.